The highest BCUT2D eigenvalue weighted by Gasteiger charge is 2.17. The average Bonchev–Trinajstić information content (AvgIpc) is 2.99. The van der Waals surface area contributed by atoms with Crippen molar-refractivity contribution in [2.24, 2.45) is 0 Å². The molecule has 0 spiro atoms. The molecule has 1 aromatic carbocycles. The normalized spacial score (nSPS) is 15.3. The summed E-state index contributed by atoms with van der Waals surface area (Å²) in [5, 5.41) is 4.13. The fourth-order valence-electron chi connectivity index (χ4n) is 3.04. The first-order valence-electron chi connectivity index (χ1n) is 7.81. The quantitative estimate of drug-likeness (QED) is 0.803. The summed E-state index contributed by atoms with van der Waals surface area (Å²) in [6.07, 6.45) is 3.76. The molecule has 5 nitrogen and oxygen atoms in total. The number of nitrogens with one attached hydrogen (secondary N) is 1. The molecular weight excluding hydrogens is 310 g/mol. The van der Waals surface area contributed by atoms with Crippen molar-refractivity contribution in [1.29, 1.82) is 0 Å². The number of hydrogen-bond donors (Lipinski definition) is 1. The first-order valence-corrected chi connectivity index (χ1v) is 8.19. The van der Waals surface area contributed by atoms with Crippen molar-refractivity contribution in [2.75, 3.05) is 31.1 Å². The Bertz CT molecular complexity index is 823. The van der Waals surface area contributed by atoms with E-state index in [1.807, 2.05) is 36.8 Å². The number of anilines is 1. The van der Waals surface area contributed by atoms with E-state index in [0.29, 0.717) is 0 Å². The molecule has 0 atom stereocenters. The molecule has 6 heteroatoms. The van der Waals surface area contributed by atoms with E-state index in [2.05, 4.69) is 30.8 Å². The van der Waals surface area contributed by atoms with Gasteiger partial charge in [-0.25, -0.2) is 9.97 Å². The molecule has 0 aliphatic carbocycles. The van der Waals surface area contributed by atoms with E-state index in [1.54, 1.807) is 0 Å². The molecule has 0 bridgehead atoms. The van der Waals surface area contributed by atoms with Crippen LogP contribution < -0.4 is 10.2 Å². The lowest BCUT2D eigenvalue weighted by Gasteiger charge is -2.28. The number of nitrogens with zero attached hydrogens (tertiary/aromatic N) is 4. The van der Waals surface area contributed by atoms with Crippen LogP contribution in [0.3, 0.4) is 0 Å². The number of benzene rings is 1. The molecule has 1 aliphatic rings. The fourth-order valence-corrected chi connectivity index (χ4v) is 3.26. The van der Waals surface area contributed by atoms with Crippen LogP contribution >= 0.6 is 11.6 Å². The molecular formula is C17H18ClN5. The van der Waals surface area contributed by atoms with Gasteiger partial charge in [-0.3, -0.25) is 0 Å². The largest absolute Gasteiger partial charge is 0.352 e. The van der Waals surface area contributed by atoms with Gasteiger partial charge < -0.3 is 14.8 Å². The van der Waals surface area contributed by atoms with Gasteiger partial charge in [0.05, 0.1) is 11.8 Å². The third kappa shape index (κ3) is 2.90. The van der Waals surface area contributed by atoms with Gasteiger partial charge in [-0.1, -0.05) is 23.7 Å². The number of fused-ring (bicyclic) bond motifs is 1. The number of halogens is 1. The van der Waals surface area contributed by atoms with Crippen LogP contribution in [0.2, 0.25) is 5.02 Å². The minimum absolute atomic E-state index is 0.752. The number of hydrogen-bond acceptors (Lipinski definition) is 4. The Kier molecular flexibility index (Phi) is 3.89. The van der Waals surface area contributed by atoms with E-state index >= 15 is 0 Å². The summed E-state index contributed by atoms with van der Waals surface area (Å²) in [5.74, 6) is 0.980. The topological polar surface area (TPSA) is 46.0 Å². The predicted octanol–water partition coefficient (Wildman–Crippen LogP) is 2.54. The van der Waals surface area contributed by atoms with Gasteiger partial charge in [0.2, 0.25) is 0 Å². The lowest BCUT2D eigenvalue weighted by atomic mass is 10.2. The molecule has 0 unspecified atom stereocenters. The van der Waals surface area contributed by atoms with Gasteiger partial charge in [-0.15, -0.1) is 0 Å². The highest BCUT2D eigenvalue weighted by molar-refractivity contribution is 6.30. The molecule has 23 heavy (non-hydrogen) atoms. The molecule has 118 valence electrons. The van der Waals surface area contributed by atoms with Crippen molar-refractivity contribution >= 4 is 28.5 Å². The van der Waals surface area contributed by atoms with Gasteiger partial charge in [0.25, 0.3) is 0 Å². The van der Waals surface area contributed by atoms with E-state index in [0.717, 1.165) is 60.2 Å². The highest BCUT2D eigenvalue weighted by Crippen LogP contribution is 2.24. The van der Waals surface area contributed by atoms with E-state index < -0.39 is 0 Å². The number of piperazine rings is 1. The second-order valence-corrected chi connectivity index (χ2v) is 6.18. The fraction of sp³-hybridized carbons (Fsp3) is 0.294. The zero-order valence-electron chi connectivity index (χ0n) is 12.7. The van der Waals surface area contributed by atoms with Gasteiger partial charge in [-0.2, -0.15) is 0 Å². The minimum atomic E-state index is 0.752. The first-order chi connectivity index (χ1) is 11.3. The highest BCUT2D eigenvalue weighted by atomic mass is 35.5. The van der Waals surface area contributed by atoms with Gasteiger partial charge in [0, 0.05) is 43.9 Å². The van der Waals surface area contributed by atoms with Gasteiger partial charge in [0.15, 0.2) is 5.82 Å². The summed E-state index contributed by atoms with van der Waals surface area (Å²) in [4.78, 5) is 11.5. The Morgan fingerprint density at radius 2 is 2.00 bits per heavy atom. The number of aromatic nitrogens is 3. The van der Waals surface area contributed by atoms with Crippen molar-refractivity contribution in [3.63, 3.8) is 0 Å². The van der Waals surface area contributed by atoms with E-state index in [1.165, 1.54) is 0 Å². The van der Waals surface area contributed by atoms with Crippen molar-refractivity contribution in [1.82, 2.24) is 19.9 Å². The zero-order valence-corrected chi connectivity index (χ0v) is 13.5. The zero-order chi connectivity index (χ0) is 15.6. The van der Waals surface area contributed by atoms with Crippen molar-refractivity contribution in [3.05, 3.63) is 53.4 Å². The van der Waals surface area contributed by atoms with Crippen LogP contribution in [-0.4, -0.2) is 40.7 Å². The summed E-state index contributed by atoms with van der Waals surface area (Å²) < 4.78 is 2.15. The summed E-state index contributed by atoms with van der Waals surface area (Å²) in [6.45, 7) is 4.66. The lowest BCUT2D eigenvalue weighted by molar-refractivity contribution is 0.586. The van der Waals surface area contributed by atoms with Crippen LogP contribution in [0, 0.1) is 0 Å². The summed E-state index contributed by atoms with van der Waals surface area (Å²) in [5.41, 5.74) is 3.24. The molecule has 1 N–H and O–H groups in total. The molecule has 0 radical (unpaired) electrons. The lowest BCUT2D eigenvalue weighted by Crippen LogP contribution is -2.44. The van der Waals surface area contributed by atoms with Gasteiger partial charge in [0.1, 0.15) is 5.52 Å². The van der Waals surface area contributed by atoms with Crippen LogP contribution in [0.1, 0.15) is 5.56 Å². The number of rotatable bonds is 3. The molecule has 1 saturated heterocycles. The Balaban J connectivity index is 1.69. The number of pyridine rings is 1. The minimum Gasteiger partial charge on any atom is -0.352 e. The monoisotopic (exact) mass is 327 g/mol. The smallest absolute Gasteiger partial charge is 0.156 e. The predicted molar refractivity (Wildman–Crippen MR) is 93.2 cm³/mol. The maximum Gasteiger partial charge on any atom is 0.156 e. The molecule has 0 saturated carbocycles. The molecule has 1 aliphatic heterocycles. The van der Waals surface area contributed by atoms with E-state index in [9.17, 15) is 0 Å². The van der Waals surface area contributed by atoms with Crippen molar-refractivity contribution in [2.45, 2.75) is 6.54 Å². The second-order valence-electron chi connectivity index (χ2n) is 5.74. The third-order valence-corrected chi connectivity index (χ3v) is 4.41. The third-order valence-electron chi connectivity index (χ3n) is 4.18. The van der Waals surface area contributed by atoms with Crippen molar-refractivity contribution < 1.29 is 0 Å². The molecule has 0 amide bonds. The second kappa shape index (κ2) is 6.18. The molecule has 3 heterocycles. The Labute approximate surface area is 139 Å². The van der Waals surface area contributed by atoms with Crippen LogP contribution in [0.5, 0.6) is 0 Å². The Morgan fingerprint density at radius 1 is 1.13 bits per heavy atom. The number of imidazole rings is 1. The Morgan fingerprint density at radius 3 is 2.83 bits per heavy atom. The molecule has 3 aromatic rings. The average molecular weight is 328 g/mol. The molecule has 4 rings (SSSR count). The van der Waals surface area contributed by atoms with Crippen LogP contribution in [-0.2, 0) is 6.54 Å². The molecule has 1 fully saturated rings. The first kappa shape index (κ1) is 14.5. The van der Waals surface area contributed by atoms with Gasteiger partial charge >= 0.3 is 0 Å². The SMILES string of the molecule is Clc1cccc(Cn2cnc3c(N4CCNCC4)nccc32)c1. The summed E-state index contributed by atoms with van der Waals surface area (Å²) >= 11 is 6.08. The maximum atomic E-state index is 6.08. The van der Waals surface area contributed by atoms with Crippen molar-refractivity contribution in [3.8, 4) is 0 Å². The maximum absolute atomic E-state index is 6.08. The van der Waals surface area contributed by atoms with Crippen LogP contribution in [0.25, 0.3) is 11.0 Å². The summed E-state index contributed by atoms with van der Waals surface area (Å²) in [6, 6.07) is 9.97. The van der Waals surface area contributed by atoms with Gasteiger partial charge in [-0.05, 0) is 23.8 Å². The van der Waals surface area contributed by atoms with Crippen LogP contribution in [0.15, 0.2) is 42.9 Å². The summed E-state index contributed by atoms with van der Waals surface area (Å²) in [7, 11) is 0. The van der Waals surface area contributed by atoms with E-state index in [4.69, 9.17) is 11.6 Å². The molecule has 2 aromatic heterocycles. The standard InChI is InChI=1S/C17H18ClN5/c18-14-3-1-2-13(10-14)11-23-12-21-16-15(23)4-5-20-17(16)22-8-6-19-7-9-22/h1-5,10,12,19H,6-9,11H2. The Hall–Kier alpha value is -2.11. The van der Waals surface area contributed by atoms with Crippen LogP contribution in [0.4, 0.5) is 5.82 Å². The van der Waals surface area contributed by atoms with E-state index in [-0.39, 0.29) is 0 Å².